The third kappa shape index (κ3) is 3.92. The molecule has 0 unspecified atom stereocenters. The zero-order valence-corrected chi connectivity index (χ0v) is 15.1. The maximum atomic E-state index is 12.2. The van der Waals surface area contributed by atoms with Gasteiger partial charge in [-0.15, -0.1) is 0 Å². The van der Waals surface area contributed by atoms with E-state index in [9.17, 15) is 9.59 Å². The van der Waals surface area contributed by atoms with Gasteiger partial charge >= 0.3 is 6.09 Å². The summed E-state index contributed by atoms with van der Waals surface area (Å²) in [5, 5.41) is 0.881. The number of hydrogen-bond acceptors (Lipinski definition) is 5. The highest BCUT2D eigenvalue weighted by atomic mass is 16.6. The molecule has 2 aromatic rings. The van der Waals surface area contributed by atoms with Crippen LogP contribution in [0.3, 0.4) is 0 Å². The highest BCUT2D eigenvalue weighted by molar-refractivity contribution is 5.78. The summed E-state index contributed by atoms with van der Waals surface area (Å²) in [4.78, 5) is 34.5. The number of likely N-dealkylation sites (N-methyl/N-ethyl adjacent to an activating group) is 1. The van der Waals surface area contributed by atoms with Crippen molar-refractivity contribution in [3.8, 4) is 0 Å². The molecule has 0 bridgehead atoms. The summed E-state index contributed by atoms with van der Waals surface area (Å²) in [6.07, 6.45) is 2.35. The number of anilines is 1. The van der Waals surface area contributed by atoms with Gasteiger partial charge in [0.15, 0.2) is 0 Å². The fraction of sp³-hybridized carbons (Fsp3) is 0.500. The minimum absolute atomic E-state index is 0.162. The Morgan fingerprint density at radius 2 is 2.16 bits per heavy atom. The molecule has 0 aromatic carbocycles. The molecular weight excluding hydrogens is 320 g/mol. The average Bonchev–Trinajstić information content (AvgIpc) is 3.02. The summed E-state index contributed by atoms with van der Waals surface area (Å²) in [7, 11) is 2.00. The van der Waals surface area contributed by atoms with E-state index in [1.165, 1.54) is 6.07 Å². The Labute approximate surface area is 146 Å². The fourth-order valence-electron chi connectivity index (χ4n) is 2.98. The molecule has 0 aliphatic carbocycles. The zero-order chi connectivity index (χ0) is 18.2. The second-order valence-electron chi connectivity index (χ2n) is 7.43. The number of likely N-dealkylation sites (tertiary alicyclic amines) is 1. The lowest BCUT2D eigenvalue weighted by molar-refractivity contribution is 0.0292. The number of aromatic nitrogens is 2. The van der Waals surface area contributed by atoms with Crippen molar-refractivity contribution in [2.24, 2.45) is 0 Å². The molecule has 1 fully saturated rings. The molecule has 3 heterocycles. The van der Waals surface area contributed by atoms with Crippen molar-refractivity contribution in [1.82, 2.24) is 14.9 Å². The minimum atomic E-state index is -0.486. The Hall–Kier alpha value is -2.57. The van der Waals surface area contributed by atoms with E-state index in [1.54, 1.807) is 17.2 Å². The quantitative estimate of drug-likeness (QED) is 0.905. The number of amides is 1. The molecule has 1 aliphatic rings. The Kier molecular flexibility index (Phi) is 4.41. The van der Waals surface area contributed by atoms with Crippen LogP contribution in [0.1, 0.15) is 27.2 Å². The van der Waals surface area contributed by atoms with Crippen molar-refractivity contribution in [3.05, 3.63) is 34.7 Å². The van der Waals surface area contributed by atoms with Gasteiger partial charge in [0, 0.05) is 37.6 Å². The van der Waals surface area contributed by atoms with Gasteiger partial charge in [0.25, 0.3) is 0 Å². The summed E-state index contributed by atoms with van der Waals surface area (Å²) in [6.45, 7) is 6.91. The number of nitrogens with one attached hydrogen (secondary N) is 1. The molecule has 0 radical (unpaired) electrons. The molecule has 134 valence electrons. The average molecular weight is 344 g/mol. The number of pyridine rings is 2. The van der Waals surface area contributed by atoms with Crippen molar-refractivity contribution in [1.29, 1.82) is 0 Å². The van der Waals surface area contributed by atoms with Crippen LogP contribution >= 0.6 is 0 Å². The molecule has 2 aromatic heterocycles. The molecule has 1 N–H and O–H groups in total. The van der Waals surface area contributed by atoms with Crippen LogP contribution in [0.5, 0.6) is 0 Å². The van der Waals surface area contributed by atoms with Crippen LogP contribution in [0.25, 0.3) is 11.0 Å². The lowest BCUT2D eigenvalue weighted by Crippen LogP contribution is -2.39. The molecule has 0 spiro atoms. The van der Waals surface area contributed by atoms with Gasteiger partial charge < -0.3 is 19.5 Å². The van der Waals surface area contributed by atoms with Gasteiger partial charge in [0.1, 0.15) is 11.2 Å². The summed E-state index contributed by atoms with van der Waals surface area (Å²) in [5.74, 6) is 0. The molecule has 1 saturated heterocycles. The predicted octanol–water partition coefficient (Wildman–Crippen LogP) is 2.37. The van der Waals surface area contributed by atoms with Gasteiger partial charge in [-0.25, -0.2) is 9.78 Å². The Bertz CT molecular complexity index is 840. The maximum Gasteiger partial charge on any atom is 0.410 e. The number of nitrogens with zero attached hydrogens (tertiary/aromatic N) is 3. The van der Waals surface area contributed by atoms with Crippen LogP contribution in [0, 0.1) is 0 Å². The molecule has 7 heteroatoms. The zero-order valence-electron chi connectivity index (χ0n) is 15.1. The van der Waals surface area contributed by atoms with Crippen LogP contribution in [0.4, 0.5) is 10.5 Å². The number of hydrogen-bond donors (Lipinski definition) is 1. The fourth-order valence-corrected chi connectivity index (χ4v) is 2.98. The summed E-state index contributed by atoms with van der Waals surface area (Å²) in [6, 6.07) is 5.46. The number of carbonyl (C=O) groups excluding carboxylic acids is 1. The van der Waals surface area contributed by atoms with E-state index < -0.39 is 5.60 Å². The third-order valence-electron chi connectivity index (χ3n) is 4.33. The molecule has 7 nitrogen and oxygen atoms in total. The minimum Gasteiger partial charge on any atom is -0.444 e. The maximum absolute atomic E-state index is 12.2. The first-order valence-corrected chi connectivity index (χ1v) is 8.43. The van der Waals surface area contributed by atoms with E-state index in [0.717, 1.165) is 17.5 Å². The standard InChI is InChI=1S/C18H24N4O3/c1-18(2,3)25-17(24)22-8-7-13(11-22)21(4)14-9-12-5-6-15(23)20-16(12)19-10-14/h5-6,9-10,13H,7-8,11H2,1-4H3,(H,19,20,23)/t13-/m0/s1. The predicted molar refractivity (Wildman–Crippen MR) is 97.0 cm³/mol. The van der Waals surface area contributed by atoms with E-state index in [1.807, 2.05) is 33.9 Å². The molecule has 3 rings (SSSR count). The first-order valence-electron chi connectivity index (χ1n) is 8.43. The number of rotatable bonds is 2. The van der Waals surface area contributed by atoms with E-state index in [0.29, 0.717) is 18.7 Å². The van der Waals surface area contributed by atoms with Crippen molar-refractivity contribution >= 4 is 22.8 Å². The number of H-pyrrole nitrogens is 1. The summed E-state index contributed by atoms with van der Waals surface area (Å²) in [5.41, 5.74) is 0.882. The molecular formula is C18H24N4O3. The molecule has 25 heavy (non-hydrogen) atoms. The SMILES string of the molecule is CN(c1cnc2[nH]c(=O)ccc2c1)[C@H]1CCN(C(=O)OC(C)(C)C)C1. The van der Waals surface area contributed by atoms with Crippen LogP contribution < -0.4 is 10.5 Å². The third-order valence-corrected chi connectivity index (χ3v) is 4.33. The molecule has 1 aliphatic heterocycles. The van der Waals surface area contributed by atoms with Gasteiger partial charge in [-0.3, -0.25) is 4.79 Å². The largest absolute Gasteiger partial charge is 0.444 e. The first kappa shape index (κ1) is 17.3. The van der Waals surface area contributed by atoms with Crippen LogP contribution in [-0.4, -0.2) is 52.7 Å². The second-order valence-corrected chi connectivity index (χ2v) is 7.43. The monoisotopic (exact) mass is 344 g/mol. The topological polar surface area (TPSA) is 78.5 Å². The van der Waals surface area contributed by atoms with Gasteiger partial charge in [-0.1, -0.05) is 0 Å². The highest BCUT2D eigenvalue weighted by Gasteiger charge is 2.32. The number of ether oxygens (including phenoxy) is 1. The van der Waals surface area contributed by atoms with Crippen molar-refractivity contribution in [2.45, 2.75) is 38.8 Å². The van der Waals surface area contributed by atoms with E-state index in [2.05, 4.69) is 14.9 Å². The van der Waals surface area contributed by atoms with E-state index in [4.69, 9.17) is 4.74 Å². The molecule has 0 saturated carbocycles. The normalized spacial score (nSPS) is 17.8. The number of aromatic amines is 1. The molecule has 1 atom stereocenters. The van der Waals surface area contributed by atoms with Crippen molar-refractivity contribution < 1.29 is 9.53 Å². The Morgan fingerprint density at radius 3 is 2.88 bits per heavy atom. The first-order chi connectivity index (χ1) is 11.7. The van der Waals surface area contributed by atoms with Gasteiger partial charge in [-0.05, 0) is 39.3 Å². The van der Waals surface area contributed by atoms with Crippen LogP contribution in [0.15, 0.2) is 29.2 Å². The van der Waals surface area contributed by atoms with Gasteiger partial charge in [-0.2, -0.15) is 0 Å². The summed E-state index contributed by atoms with van der Waals surface area (Å²) >= 11 is 0. The van der Waals surface area contributed by atoms with E-state index >= 15 is 0 Å². The van der Waals surface area contributed by atoms with Crippen LogP contribution in [-0.2, 0) is 4.74 Å². The van der Waals surface area contributed by atoms with Crippen molar-refractivity contribution in [3.63, 3.8) is 0 Å². The van der Waals surface area contributed by atoms with Crippen LogP contribution in [0.2, 0.25) is 0 Å². The number of carbonyl (C=O) groups is 1. The Balaban J connectivity index is 1.71. The van der Waals surface area contributed by atoms with E-state index in [-0.39, 0.29) is 17.7 Å². The Morgan fingerprint density at radius 1 is 1.40 bits per heavy atom. The van der Waals surface area contributed by atoms with Crippen molar-refractivity contribution in [2.75, 3.05) is 25.0 Å². The number of fused-ring (bicyclic) bond motifs is 1. The summed E-state index contributed by atoms with van der Waals surface area (Å²) < 4.78 is 5.45. The lowest BCUT2D eigenvalue weighted by atomic mass is 10.2. The smallest absolute Gasteiger partial charge is 0.410 e. The van der Waals surface area contributed by atoms with Gasteiger partial charge in [0.2, 0.25) is 5.56 Å². The van der Waals surface area contributed by atoms with Gasteiger partial charge in [0.05, 0.1) is 11.9 Å². The second kappa shape index (κ2) is 6.38. The highest BCUT2D eigenvalue weighted by Crippen LogP contribution is 2.24. The molecule has 1 amide bonds. The lowest BCUT2D eigenvalue weighted by Gasteiger charge is -2.28.